The summed E-state index contributed by atoms with van der Waals surface area (Å²) in [6, 6.07) is 0. The summed E-state index contributed by atoms with van der Waals surface area (Å²) in [6.45, 7) is 11.9. The molecule has 0 aromatic rings. The molecule has 0 radical (unpaired) electrons. The highest BCUT2D eigenvalue weighted by Gasteiger charge is 2.07. The summed E-state index contributed by atoms with van der Waals surface area (Å²) >= 11 is 0. The van der Waals surface area contributed by atoms with Gasteiger partial charge in [0.1, 0.15) is 0 Å². The molecule has 1 heteroatoms. The van der Waals surface area contributed by atoms with E-state index in [0.29, 0.717) is 0 Å². The van der Waals surface area contributed by atoms with Crippen molar-refractivity contribution in [2.24, 2.45) is 11.8 Å². The van der Waals surface area contributed by atoms with E-state index in [-0.39, 0.29) is 0 Å². The summed E-state index contributed by atoms with van der Waals surface area (Å²) < 4.78 is 0. The maximum absolute atomic E-state index is 3.75. The fourth-order valence-electron chi connectivity index (χ4n) is 6.79. The monoisotopic (exact) mass is 578 g/mol. The smallest absolute Gasteiger partial charge is 0.00489 e. The zero-order valence-corrected chi connectivity index (χ0v) is 29.7. The van der Waals surface area contributed by atoms with Crippen LogP contribution in [0.4, 0.5) is 0 Å². The molecule has 41 heavy (non-hydrogen) atoms. The zero-order valence-electron chi connectivity index (χ0n) is 29.7. The number of unbranched alkanes of at least 4 members (excludes halogenated alkanes) is 22. The van der Waals surface area contributed by atoms with E-state index in [1.54, 1.807) is 0 Å². The number of nitrogens with one attached hydrogen (secondary N) is 1. The maximum atomic E-state index is 3.75. The van der Waals surface area contributed by atoms with Crippen molar-refractivity contribution in [3.8, 4) is 0 Å². The first-order chi connectivity index (χ1) is 20.3. The second-order valence-electron chi connectivity index (χ2n) is 13.9. The van der Waals surface area contributed by atoms with Gasteiger partial charge in [-0.25, -0.2) is 0 Å². The molecule has 1 nitrogen and oxygen atoms in total. The molecule has 0 aliphatic rings. The molecule has 0 aliphatic carbocycles. The van der Waals surface area contributed by atoms with Crippen molar-refractivity contribution in [3.05, 3.63) is 0 Å². The summed E-state index contributed by atoms with van der Waals surface area (Å²) in [5.74, 6) is 1.97. The average Bonchev–Trinajstić information content (AvgIpc) is 2.99. The minimum absolute atomic E-state index is 0.986. The predicted octanol–water partition coefficient (Wildman–Crippen LogP) is 14.4. The van der Waals surface area contributed by atoms with Crippen molar-refractivity contribution in [1.29, 1.82) is 0 Å². The van der Waals surface area contributed by atoms with Crippen LogP contribution in [-0.2, 0) is 0 Å². The van der Waals surface area contributed by atoms with Gasteiger partial charge in [-0.3, -0.25) is 0 Å². The van der Waals surface area contributed by atoms with E-state index < -0.39 is 0 Å². The highest BCUT2D eigenvalue weighted by molar-refractivity contribution is 4.62. The first-order valence-electron chi connectivity index (χ1n) is 20.0. The van der Waals surface area contributed by atoms with Gasteiger partial charge in [-0.05, 0) is 37.8 Å². The van der Waals surface area contributed by atoms with Gasteiger partial charge in [-0.15, -0.1) is 0 Å². The molecule has 1 N–H and O–H groups in total. The third kappa shape index (κ3) is 32.7. The lowest BCUT2D eigenvalue weighted by Gasteiger charge is -2.15. The van der Waals surface area contributed by atoms with Crippen LogP contribution < -0.4 is 5.32 Å². The molecule has 0 heterocycles. The Morgan fingerprint density at radius 2 is 0.537 bits per heavy atom. The third-order valence-electron chi connectivity index (χ3n) is 10.0. The van der Waals surface area contributed by atoms with E-state index >= 15 is 0 Å². The van der Waals surface area contributed by atoms with Crippen LogP contribution in [0.15, 0.2) is 0 Å². The van der Waals surface area contributed by atoms with Gasteiger partial charge >= 0.3 is 0 Å². The maximum Gasteiger partial charge on any atom is -0.00489 e. The molecular formula is C40H83N. The molecule has 0 saturated heterocycles. The fraction of sp³-hybridized carbons (Fsp3) is 1.00. The highest BCUT2D eigenvalue weighted by atomic mass is 14.8. The van der Waals surface area contributed by atoms with Crippen molar-refractivity contribution in [1.82, 2.24) is 5.32 Å². The molecule has 0 aliphatic heterocycles. The lowest BCUT2D eigenvalue weighted by atomic mass is 9.92. The molecule has 0 bridgehead atoms. The summed E-state index contributed by atoms with van der Waals surface area (Å²) in [5, 5.41) is 3.75. The van der Waals surface area contributed by atoms with Crippen molar-refractivity contribution in [2.45, 2.75) is 233 Å². The molecule has 0 aromatic heterocycles. The van der Waals surface area contributed by atoms with Gasteiger partial charge in [0.15, 0.2) is 0 Å². The summed E-state index contributed by atoms with van der Waals surface area (Å²) in [4.78, 5) is 0. The first-order valence-corrected chi connectivity index (χ1v) is 20.0. The number of hydrogen-bond acceptors (Lipinski definition) is 1. The van der Waals surface area contributed by atoms with Crippen LogP contribution in [0.3, 0.4) is 0 Å². The van der Waals surface area contributed by atoms with Gasteiger partial charge in [0.2, 0.25) is 0 Å². The van der Waals surface area contributed by atoms with E-state index in [1.807, 2.05) is 0 Å². The molecular weight excluding hydrogens is 494 g/mol. The second kappa shape index (κ2) is 36.2. The van der Waals surface area contributed by atoms with E-state index in [9.17, 15) is 0 Å². The minimum atomic E-state index is 0.986. The summed E-state index contributed by atoms with van der Waals surface area (Å²) in [7, 11) is 0. The van der Waals surface area contributed by atoms with Crippen molar-refractivity contribution < 1.29 is 0 Å². The van der Waals surface area contributed by atoms with Crippen LogP contribution >= 0.6 is 0 Å². The fourth-order valence-corrected chi connectivity index (χ4v) is 6.79. The number of rotatable bonds is 36. The molecule has 0 rings (SSSR count). The van der Waals surface area contributed by atoms with Gasteiger partial charge in [0.05, 0.1) is 0 Å². The molecule has 0 spiro atoms. The van der Waals surface area contributed by atoms with E-state index in [0.717, 1.165) is 11.8 Å². The van der Waals surface area contributed by atoms with Crippen molar-refractivity contribution >= 4 is 0 Å². The molecule has 0 amide bonds. The van der Waals surface area contributed by atoms with Crippen LogP contribution in [0, 0.1) is 11.8 Å². The lowest BCUT2D eigenvalue weighted by Crippen LogP contribution is -2.17. The minimum Gasteiger partial charge on any atom is -0.317 e. The topological polar surface area (TPSA) is 12.0 Å². The van der Waals surface area contributed by atoms with Gasteiger partial charge in [-0.1, -0.05) is 220 Å². The number of hydrogen-bond donors (Lipinski definition) is 1. The largest absolute Gasteiger partial charge is 0.317 e. The first kappa shape index (κ1) is 41.0. The normalized spacial score (nSPS) is 13.2. The van der Waals surface area contributed by atoms with Crippen LogP contribution in [0.25, 0.3) is 0 Å². The quantitative estimate of drug-likeness (QED) is 0.0730. The van der Waals surface area contributed by atoms with Crippen LogP contribution in [0.1, 0.15) is 233 Å². The Hall–Kier alpha value is -0.0400. The van der Waals surface area contributed by atoms with Crippen molar-refractivity contribution in [3.63, 3.8) is 0 Å². The van der Waals surface area contributed by atoms with E-state index in [4.69, 9.17) is 0 Å². The Morgan fingerprint density at radius 1 is 0.293 bits per heavy atom. The Morgan fingerprint density at radius 3 is 0.805 bits per heavy atom. The lowest BCUT2D eigenvalue weighted by molar-refractivity contribution is 0.388. The molecule has 2 unspecified atom stereocenters. The average molecular weight is 578 g/mol. The Balaban J connectivity index is 3.43. The van der Waals surface area contributed by atoms with E-state index in [2.05, 4.69) is 33.0 Å². The summed E-state index contributed by atoms with van der Waals surface area (Å²) in [6.07, 6.45) is 46.5. The Labute approximate surface area is 263 Å². The van der Waals surface area contributed by atoms with Gasteiger partial charge in [0.25, 0.3) is 0 Å². The highest BCUT2D eigenvalue weighted by Crippen LogP contribution is 2.22. The molecule has 2 atom stereocenters. The predicted molar refractivity (Wildman–Crippen MR) is 190 cm³/mol. The van der Waals surface area contributed by atoms with Gasteiger partial charge < -0.3 is 5.32 Å². The second-order valence-corrected chi connectivity index (χ2v) is 13.9. The zero-order chi connectivity index (χ0) is 29.9. The Kier molecular flexibility index (Phi) is 36.1. The molecule has 0 fully saturated rings. The molecule has 0 saturated carbocycles. The summed E-state index contributed by atoms with van der Waals surface area (Å²) in [5.41, 5.74) is 0. The third-order valence-corrected chi connectivity index (χ3v) is 10.0. The van der Waals surface area contributed by atoms with Gasteiger partial charge in [0, 0.05) is 0 Å². The van der Waals surface area contributed by atoms with Crippen molar-refractivity contribution in [2.75, 3.05) is 13.1 Å². The van der Waals surface area contributed by atoms with Crippen LogP contribution in [0.2, 0.25) is 0 Å². The SMILES string of the molecule is CCCCCCCCCCCCCC(CC)CCCCNCCCCC(CC)CCCCCCCCCCCCC. The Bertz CT molecular complexity index is 406. The van der Waals surface area contributed by atoms with Crippen LogP contribution in [0.5, 0.6) is 0 Å². The molecule has 248 valence electrons. The van der Waals surface area contributed by atoms with Gasteiger partial charge in [-0.2, -0.15) is 0 Å². The van der Waals surface area contributed by atoms with E-state index in [1.165, 1.54) is 219 Å². The standard InChI is InChI=1S/C40H83N/c1-5-9-11-13-15-17-19-21-23-25-27-33-39(7-3)35-29-31-37-41-38-32-30-36-40(8-4)34-28-26-24-22-20-18-16-14-12-10-6-2/h39-41H,5-38H2,1-4H3. The molecule has 0 aromatic carbocycles. The van der Waals surface area contributed by atoms with Crippen LogP contribution in [-0.4, -0.2) is 13.1 Å².